The van der Waals surface area contributed by atoms with Crippen molar-refractivity contribution in [1.29, 1.82) is 0 Å². The van der Waals surface area contributed by atoms with Gasteiger partial charge in [0.15, 0.2) is 5.82 Å². The van der Waals surface area contributed by atoms with Gasteiger partial charge in [0.1, 0.15) is 0 Å². The van der Waals surface area contributed by atoms with Crippen molar-refractivity contribution in [2.75, 3.05) is 11.9 Å². The molecule has 0 spiro atoms. The summed E-state index contributed by atoms with van der Waals surface area (Å²) in [6.45, 7) is 6.23. The van der Waals surface area contributed by atoms with Gasteiger partial charge >= 0.3 is 6.03 Å². The summed E-state index contributed by atoms with van der Waals surface area (Å²) in [6, 6.07) is 5.25. The first-order valence-corrected chi connectivity index (χ1v) is 7.72. The lowest BCUT2D eigenvalue weighted by Gasteiger charge is -2.10. The largest absolute Gasteiger partial charge is 0.393 e. The van der Waals surface area contributed by atoms with E-state index in [1.807, 2.05) is 26.8 Å². The van der Waals surface area contributed by atoms with E-state index in [0.717, 1.165) is 11.4 Å². The molecule has 0 aliphatic heterocycles. The van der Waals surface area contributed by atoms with Crippen LogP contribution in [0.25, 0.3) is 5.82 Å². The Morgan fingerprint density at radius 2 is 2.17 bits per heavy atom. The lowest BCUT2D eigenvalue weighted by Crippen LogP contribution is -2.31. The first-order chi connectivity index (χ1) is 11.0. The minimum Gasteiger partial charge on any atom is -0.393 e. The lowest BCUT2D eigenvalue weighted by atomic mass is 10.2. The number of nitrogens with zero attached hydrogens (tertiary/aromatic N) is 3. The second-order valence-electron chi connectivity index (χ2n) is 5.48. The molecule has 7 heteroatoms. The van der Waals surface area contributed by atoms with Crippen LogP contribution in [0.5, 0.6) is 0 Å². The number of carbonyl (C=O) groups is 1. The highest BCUT2D eigenvalue weighted by molar-refractivity contribution is 5.89. The summed E-state index contributed by atoms with van der Waals surface area (Å²) >= 11 is 0. The van der Waals surface area contributed by atoms with E-state index in [9.17, 15) is 9.90 Å². The quantitative estimate of drug-likeness (QED) is 0.761. The van der Waals surface area contributed by atoms with E-state index in [1.54, 1.807) is 23.0 Å². The van der Waals surface area contributed by atoms with Crippen molar-refractivity contribution >= 4 is 11.7 Å². The van der Waals surface area contributed by atoms with Gasteiger partial charge in [-0.05, 0) is 44.9 Å². The fourth-order valence-electron chi connectivity index (χ4n) is 2.18. The number of anilines is 1. The number of nitrogens with one attached hydrogen (secondary N) is 2. The van der Waals surface area contributed by atoms with E-state index in [0.29, 0.717) is 30.9 Å². The smallest absolute Gasteiger partial charge is 0.319 e. The zero-order valence-corrected chi connectivity index (χ0v) is 13.7. The van der Waals surface area contributed by atoms with Crippen LogP contribution in [0, 0.1) is 13.8 Å². The van der Waals surface area contributed by atoms with Gasteiger partial charge in [-0.3, -0.25) is 0 Å². The van der Waals surface area contributed by atoms with Gasteiger partial charge < -0.3 is 15.7 Å². The summed E-state index contributed by atoms with van der Waals surface area (Å²) in [4.78, 5) is 16.1. The standard InChI is InChI=1S/C16H23N5O2/c1-4-14(22)7-8-17-16(23)19-13-5-6-15(18-10-13)21-12(3)9-11(2)20-21/h5-6,9-10,14,22H,4,7-8H2,1-3H3,(H2,17,19,23). The second-order valence-corrected chi connectivity index (χ2v) is 5.48. The maximum Gasteiger partial charge on any atom is 0.319 e. The van der Waals surface area contributed by atoms with Crippen molar-refractivity contribution in [3.8, 4) is 5.82 Å². The van der Waals surface area contributed by atoms with Crippen molar-refractivity contribution in [3.63, 3.8) is 0 Å². The van der Waals surface area contributed by atoms with Crippen LogP contribution in [0.2, 0.25) is 0 Å². The number of aryl methyl sites for hydroxylation is 2. The molecule has 0 aliphatic rings. The summed E-state index contributed by atoms with van der Waals surface area (Å²) in [5.74, 6) is 0.702. The summed E-state index contributed by atoms with van der Waals surface area (Å²) in [5, 5.41) is 19.2. The fourth-order valence-corrected chi connectivity index (χ4v) is 2.18. The summed E-state index contributed by atoms with van der Waals surface area (Å²) in [7, 11) is 0. The van der Waals surface area contributed by atoms with Crippen LogP contribution in [0.15, 0.2) is 24.4 Å². The molecule has 0 aromatic carbocycles. The Hall–Kier alpha value is -2.41. The number of carbonyl (C=O) groups excluding carboxylic acids is 1. The molecule has 0 saturated heterocycles. The number of hydrogen-bond acceptors (Lipinski definition) is 4. The van der Waals surface area contributed by atoms with E-state index >= 15 is 0 Å². The normalized spacial score (nSPS) is 12.0. The molecule has 0 fully saturated rings. The van der Waals surface area contributed by atoms with Gasteiger partial charge in [0, 0.05) is 12.2 Å². The third kappa shape index (κ3) is 4.79. The van der Waals surface area contributed by atoms with Crippen LogP contribution < -0.4 is 10.6 Å². The predicted molar refractivity (Wildman–Crippen MR) is 88.8 cm³/mol. The van der Waals surface area contributed by atoms with Gasteiger partial charge in [-0.1, -0.05) is 6.92 Å². The Bertz CT molecular complexity index is 651. The van der Waals surface area contributed by atoms with Gasteiger partial charge in [-0.15, -0.1) is 0 Å². The van der Waals surface area contributed by atoms with Crippen molar-refractivity contribution in [1.82, 2.24) is 20.1 Å². The number of aromatic nitrogens is 3. The minimum absolute atomic E-state index is 0.311. The van der Waals surface area contributed by atoms with Crippen molar-refractivity contribution in [2.24, 2.45) is 0 Å². The van der Waals surface area contributed by atoms with Crippen molar-refractivity contribution in [2.45, 2.75) is 39.7 Å². The number of hydrogen-bond donors (Lipinski definition) is 3. The molecule has 0 radical (unpaired) electrons. The van der Waals surface area contributed by atoms with E-state index in [2.05, 4.69) is 20.7 Å². The SMILES string of the molecule is CCC(O)CCNC(=O)Nc1ccc(-n2nc(C)cc2C)nc1. The number of aliphatic hydroxyl groups excluding tert-OH is 1. The Morgan fingerprint density at radius 1 is 1.39 bits per heavy atom. The first kappa shape index (κ1) is 17.0. The zero-order chi connectivity index (χ0) is 16.8. The Balaban J connectivity index is 1.90. The van der Waals surface area contributed by atoms with E-state index < -0.39 is 0 Å². The van der Waals surface area contributed by atoms with Gasteiger partial charge in [0.2, 0.25) is 0 Å². The van der Waals surface area contributed by atoms with Gasteiger partial charge in [-0.2, -0.15) is 5.10 Å². The molecule has 2 aromatic heterocycles. The molecule has 0 bridgehead atoms. The van der Waals surface area contributed by atoms with E-state index in [4.69, 9.17) is 0 Å². The van der Waals surface area contributed by atoms with Gasteiger partial charge in [0.05, 0.1) is 23.7 Å². The van der Waals surface area contributed by atoms with E-state index in [1.165, 1.54) is 0 Å². The molecule has 1 atom stereocenters. The Labute approximate surface area is 135 Å². The molecule has 2 rings (SSSR count). The molecule has 2 heterocycles. The summed E-state index contributed by atoms with van der Waals surface area (Å²) in [5.41, 5.74) is 2.53. The molecule has 1 unspecified atom stereocenters. The molecule has 7 nitrogen and oxygen atoms in total. The predicted octanol–water partition coefficient (Wildman–Crippen LogP) is 2.17. The Morgan fingerprint density at radius 3 is 2.74 bits per heavy atom. The van der Waals surface area contributed by atoms with Crippen LogP contribution in [0.3, 0.4) is 0 Å². The molecular formula is C16H23N5O2. The maximum absolute atomic E-state index is 11.7. The molecule has 23 heavy (non-hydrogen) atoms. The molecular weight excluding hydrogens is 294 g/mol. The number of amides is 2. The van der Waals surface area contributed by atoms with Crippen LogP contribution in [0.1, 0.15) is 31.2 Å². The monoisotopic (exact) mass is 317 g/mol. The highest BCUT2D eigenvalue weighted by Gasteiger charge is 2.07. The highest BCUT2D eigenvalue weighted by Crippen LogP contribution is 2.12. The second kappa shape index (κ2) is 7.73. The third-order valence-electron chi connectivity index (χ3n) is 3.47. The molecule has 2 aromatic rings. The topological polar surface area (TPSA) is 92.1 Å². The number of urea groups is 1. The van der Waals surface area contributed by atoms with Crippen LogP contribution in [0.4, 0.5) is 10.5 Å². The lowest BCUT2D eigenvalue weighted by molar-refractivity contribution is 0.160. The number of rotatable bonds is 6. The van der Waals surface area contributed by atoms with Gasteiger partial charge in [-0.25, -0.2) is 14.5 Å². The molecule has 124 valence electrons. The van der Waals surface area contributed by atoms with E-state index in [-0.39, 0.29) is 12.1 Å². The highest BCUT2D eigenvalue weighted by atomic mass is 16.3. The minimum atomic E-state index is -0.378. The van der Waals surface area contributed by atoms with Crippen molar-refractivity contribution < 1.29 is 9.90 Å². The maximum atomic E-state index is 11.7. The first-order valence-electron chi connectivity index (χ1n) is 7.72. The van der Waals surface area contributed by atoms with Crippen LogP contribution in [-0.4, -0.2) is 38.6 Å². The van der Waals surface area contributed by atoms with Crippen LogP contribution in [-0.2, 0) is 0 Å². The number of aliphatic hydroxyl groups is 1. The third-order valence-corrected chi connectivity index (χ3v) is 3.47. The average molecular weight is 317 g/mol. The molecule has 2 amide bonds. The number of pyridine rings is 1. The van der Waals surface area contributed by atoms with Crippen LogP contribution >= 0.6 is 0 Å². The zero-order valence-electron chi connectivity index (χ0n) is 13.7. The Kier molecular flexibility index (Phi) is 5.70. The molecule has 3 N–H and O–H groups in total. The van der Waals surface area contributed by atoms with Gasteiger partial charge in [0.25, 0.3) is 0 Å². The summed E-state index contributed by atoms with van der Waals surface area (Å²) < 4.78 is 1.76. The molecule has 0 aliphatic carbocycles. The average Bonchev–Trinajstić information content (AvgIpc) is 2.86. The summed E-state index contributed by atoms with van der Waals surface area (Å²) in [6.07, 6.45) is 2.43. The fraction of sp³-hybridized carbons (Fsp3) is 0.438. The van der Waals surface area contributed by atoms with Crippen molar-refractivity contribution in [3.05, 3.63) is 35.8 Å². The molecule has 0 saturated carbocycles.